The van der Waals surface area contributed by atoms with Crippen molar-refractivity contribution in [3.8, 4) is 0 Å². The smallest absolute Gasteiger partial charge is 0.305 e. The number of carbonyl (C=O) groups excluding carboxylic acids is 1. The van der Waals surface area contributed by atoms with Gasteiger partial charge in [-0.1, -0.05) is 47.5 Å². The highest BCUT2D eigenvalue weighted by Crippen LogP contribution is 2.22. The Morgan fingerprint density at radius 2 is 1.39 bits per heavy atom. The molecule has 0 atom stereocenters. The summed E-state index contributed by atoms with van der Waals surface area (Å²) in [5, 5.41) is 12.7. The number of carbonyl (C=O) groups is 2. The van der Waals surface area contributed by atoms with Gasteiger partial charge in [-0.15, -0.1) is 11.3 Å². The fourth-order valence-electron chi connectivity index (χ4n) is 3.04. The van der Waals surface area contributed by atoms with E-state index < -0.39 is 5.97 Å². The monoisotopic (exact) mass is 476 g/mol. The third-order valence-corrected chi connectivity index (χ3v) is 6.10. The van der Waals surface area contributed by atoms with E-state index in [1.807, 2.05) is 54.6 Å². The molecule has 5 nitrogen and oxygen atoms in total. The summed E-state index contributed by atoms with van der Waals surface area (Å²) < 4.78 is 0. The van der Waals surface area contributed by atoms with Crippen LogP contribution in [0.25, 0.3) is 0 Å². The van der Waals surface area contributed by atoms with Gasteiger partial charge in [-0.25, -0.2) is 0 Å². The molecule has 0 saturated heterocycles. The van der Waals surface area contributed by atoms with Gasteiger partial charge < -0.3 is 10.4 Å². The molecule has 1 amide bonds. The summed E-state index contributed by atoms with van der Waals surface area (Å²) in [6.07, 6.45) is -0.0973. The number of carboxylic acid groups (broad SMARTS) is 1. The Labute approximate surface area is 195 Å². The number of hydrogen-bond donors (Lipinski definition) is 2. The largest absolute Gasteiger partial charge is 0.481 e. The molecule has 0 fully saturated rings. The molecule has 0 spiro atoms. The molecule has 0 saturated carbocycles. The van der Waals surface area contributed by atoms with Gasteiger partial charge in [0.25, 0.3) is 5.91 Å². The summed E-state index contributed by atoms with van der Waals surface area (Å²) in [4.78, 5) is 26.7. The van der Waals surface area contributed by atoms with Gasteiger partial charge in [-0.3, -0.25) is 14.5 Å². The van der Waals surface area contributed by atoms with Gasteiger partial charge in [0, 0.05) is 41.1 Å². The molecule has 8 heteroatoms. The van der Waals surface area contributed by atoms with Crippen LogP contribution >= 0.6 is 34.5 Å². The Morgan fingerprint density at radius 3 is 1.90 bits per heavy atom. The van der Waals surface area contributed by atoms with E-state index in [2.05, 4.69) is 10.2 Å². The molecule has 3 aromatic rings. The predicted molar refractivity (Wildman–Crippen MR) is 125 cm³/mol. The zero-order valence-electron chi connectivity index (χ0n) is 16.7. The third kappa shape index (κ3) is 7.67. The second kappa shape index (κ2) is 11.3. The first kappa shape index (κ1) is 23.3. The van der Waals surface area contributed by atoms with Gasteiger partial charge >= 0.3 is 5.97 Å². The molecule has 1 aromatic heterocycles. The fourth-order valence-corrected chi connectivity index (χ4v) is 4.26. The first-order valence-electron chi connectivity index (χ1n) is 9.69. The molecular weight excluding hydrogens is 455 g/mol. The van der Waals surface area contributed by atoms with E-state index in [4.69, 9.17) is 28.3 Å². The molecule has 2 N–H and O–H groups in total. The summed E-state index contributed by atoms with van der Waals surface area (Å²) >= 11 is 13.4. The van der Waals surface area contributed by atoms with Crippen LogP contribution in [0, 0.1) is 0 Å². The summed E-state index contributed by atoms with van der Waals surface area (Å²) in [7, 11) is 0. The third-order valence-electron chi connectivity index (χ3n) is 4.53. The number of carboxylic acids is 1. The SMILES string of the molecule is O=C(O)CCNC(=O)c1ccc(CN(Cc2ccc(Cl)cc2)Cc2ccc(Cl)cc2)s1. The highest BCUT2D eigenvalue weighted by Gasteiger charge is 2.13. The van der Waals surface area contributed by atoms with Gasteiger partial charge in [0.05, 0.1) is 11.3 Å². The molecule has 0 unspecified atom stereocenters. The Balaban J connectivity index is 1.69. The quantitative estimate of drug-likeness (QED) is 0.407. The number of aliphatic carboxylic acids is 1. The lowest BCUT2D eigenvalue weighted by Crippen LogP contribution is -2.25. The number of halogens is 2. The Bertz CT molecular complexity index is 973. The van der Waals surface area contributed by atoms with Crippen LogP contribution in [0.4, 0.5) is 0 Å². The molecule has 0 radical (unpaired) electrons. The van der Waals surface area contributed by atoms with Crippen LogP contribution in [-0.2, 0) is 24.4 Å². The average Bonchev–Trinajstić information content (AvgIpc) is 3.19. The van der Waals surface area contributed by atoms with Gasteiger partial charge in [-0.05, 0) is 47.5 Å². The van der Waals surface area contributed by atoms with Crippen LogP contribution < -0.4 is 5.32 Å². The lowest BCUT2D eigenvalue weighted by atomic mass is 10.1. The van der Waals surface area contributed by atoms with E-state index in [0.29, 0.717) is 21.5 Å². The number of benzene rings is 2. The minimum atomic E-state index is -0.938. The molecule has 0 aliphatic rings. The van der Waals surface area contributed by atoms with Gasteiger partial charge in [0.15, 0.2) is 0 Å². The minimum absolute atomic E-state index is 0.0973. The van der Waals surface area contributed by atoms with Crippen molar-refractivity contribution in [2.45, 2.75) is 26.1 Å². The second-order valence-electron chi connectivity index (χ2n) is 7.06. The van der Waals surface area contributed by atoms with Crippen molar-refractivity contribution in [1.82, 2.24) is 10.2 Å². The summed E-state index contributed by atoms with van der Waals surface area (Å²) in [6, 6.07) is 19.3. The lowest BCUT2D eigenvalue weighted by Gasteiger charge is -2.22. The summed E-state index contributed by atoms with van der Waals surface area (Å²) in [5.41, 5.74) is 2.28. The van der Waals surface area contributed by atoms with Gasteiger partial charge in [0.1, 0.15) is 0 Å². The van der Waals surface area contributed by atoms with Crippen LogP contribution in [0.15, 0.2) is 60.7 Å². The van der Waals surface area contributed by atoms with Crippen LogP contribution in [0.1, 0.15) is 32.1 Å². The summed E-state index contributed by atoms with van der Waals surface area (Å²) in [6.45, 7) is 2.22. The first-order valence-corrected chi connectivity index (χ1v) is 11.3. The van der Waals surface area contributed by atoms with E-state index in [1.165, 1.54) is 11.3 Å². The molecule has 0 aliphatic carbocycles. The zero-order valence-corrected chi connectivity index (χ0v) is 19.0. The standard InChI is InChI=1S/C23H22Cl2N2O3S/c24-18-5-1-16(2-6-18)13-27(14-17-3-7-19(25)8-4-17)15-20-9-10-21(31-20)23(30)26-12-11-22(28)29/h1-10H,11-15H2,(H,26,30)(H,28,29). The fraction of sp³-hybridized carbons (Fsp3) is 0.217. The molecule has 0 aliphatic heterocycles. The van der Waals surface area contributed by atoms with Crippen molar-refractivity contribution in [1.29, 1.82) is 0 Å². The number of rotatable bonds is 10. The highest BCUT2D eigenvalue weighted by atomic mass is 35.5. The maximum absolute atomic E-state index is 12.2. The van der Waals surface area contributed by atoms with E-state index in [9.17, 15) is 9.59 Å². The highest BCUT2D eigenvalue weighted by molar-refractivity contribution is 7.14. The maximum atomic E-state index is 12.2. The van der Waals surface area contributed by atoms with Gasteiger partial charge in [-0.2, -0.15) is 0 Å². The van der Waals surface area contributed by atoms with Crippen molar-refractivity contribution in [3.05, 3.63) is 91.6 Å². The molecular formula is C23H22Cl2N2O3S. The van der Waals surface area contributed by atoms with E-state index >= 15 is 0 Å². The van der Waals surface area contributed by atoms with Crippen LogP contribution in [-0.4, -0.2) is 28.4 Å². The average molecular weight is 477 g/mol. The van der Waals surface area contributed by atoms with Crippen LogP contribution in [0.3, 0.4) is 0 Å². The number of nitrogens with one attached hydrogen (secondary N) is 1. The molecule has 3 rings (SSSR count). The minimum Gasteiger partial charge on any atom is -0.481 e. The topological polar surface area (TPSA) is 69.6 Å². The Kier molecular flexibility index (Phi) is 8.49. The summed E-state index contributed by atoms with van der Waals surface area (Å²) in [5.74, 6) is -1.19. The second-order valence-corrected chi connectivity index (χ2v) is 9.10. The lowest BCUT2D eigenvalue weighted by molar-refractivity contribution is -0.136. The molecule has 2 aromatic carbocycles. The van der Waals surface area contributed by atoms with Crippen molar-refractivity contribution in [2.75, 3.05) is 6.54 Å². The van der Waals surface area contributed by atoms with Crippen molar-refractivity contribution in [2.24, 2.45) is 0 Å². The number of amides is 1. The Hall–Kier alpha value is -2.38. The first-order chi connectivity index (χ1) is 14.9. The zero-order chi connectivity index (χ0) is 22.2. The Morgan fingerprint density at radius 1 is 0.839 bits per heavy atom. The molecule has 31 heavy (non-hydrogen) atoms. The normalized spacial score (nSPS) is 10.9. The van der Waals surface area contributed by atoms with Gasteiger partial charge in [0.2, 0.25) is 0 Å². The van der Waals surface area contributed by atoms with Crippen LogP contribution in [0.2, 0.25) is 10.0 Å². The van der Waals surface area contributed by atoms with Crippen molar-refractivity contribution < 1.29 is 14.7 Å². The predicted octanol–water partition coefficient (Wildman–Crippen LogP) is 5.46. The maximum Gasteiger partial charge on any atom is 0.305 e. The van der Waals surface area contributed by atoms with Crippen molar-refractivity contribution >= 4 is 46.4 Å². The van der Waals surface area contributed by atoms with Crippen molar-refractivity contribution in [3.63, 3.8) is 0 Å². The van der Waals surface area contributed by atoms with E-state index in [1.54, 1.807) is 6.07 Å². The van der Waals surface area contributed by atoms with Crippen LogP contribution in [0.5, 0.6) is 0 Å². The molecule has 162 valence electrons. The van der Waals surface area contributed by atoms with E-state index in [0.717, 1.165) is 29.1 Å². The molecule has 0 bridgehead atoms. The number of hydrogen-bond acceptors (Lipinski definition) is 4. The van der Waals surface area contributed by atoms with E-state index in [-0.39, 0.29) is 18.9 Å². The number of nitrogens with zero attached hydrogens (tertiary/aromatic N) is 1. The molecule has 1 heterocycles. The number of thiophene rings is 1.